The van der Waals surface area contributed by atoms with Crippen molar-refractivity contribution in [1.29, 1.82) is 0 Å². The molecular weight excluding hydrogens is 352 g/mol. The van der Waals surface area contributed by atoms with Crippen molar-refractivity contribution in [3.63, 3.8) is 0 Å². The zero-order chi connectivity index (χ0) is 17.5. The van der Waals surface area contributed by atoms with E-state index in [2.05, 4.69) is 0 Å². The summed E-state index contributed by atoms with van der Waals surface area (Å²) in [6.45, 7) is 2.20. The molecule has 1 aliphatic rings. The van der Waals surface area contributed by atoms with E-state index in [0.717, 1.165) is 23.6 Å². The molecule has 0 aromatic heterocycles. The Morgan fingerprint density at radius 3 is 2.71 bits per heavy atom. The summed E-state index contributed by atoms with van der Waals surface area (Å²) in [6.07, 6.45) is 1.51. The van der Waals surface area contributed by atoms with E-state index in [4.69, 9.17) is 11.6 Å². The van der Waals surface area contributed by atoms with Crippen LogP contribution >= 0.6 is 11.6 Å². The van der Waals surface area contributed by atoms with E-state index in [9.17, 15) is 18.5 Å². The summed E-state index contributed by atoms with van der Waals surface area (Å²) < 4.78 is 27.4. The Hall–Kier alpha value is -2.12. The first-order valence-electron chi connectivity index (χ1n) is 7.37. The third-order valence-electron chi connectivity index (χ3n) is 4.08. The van der Waals surface area contributed by atoms with Crippen LogP contribution in [0.15, 0.2) is 41.3 Å². The van der Waals surface area contributed by atoms with Crippen LogP contribution in [-0.2, 0) is 16.4 Å². The molecule has 1 heterocycles. The minimum Gasteiger partial charge on any atom is -0.266 e. The maximum Gasteiger partial charge on any atom is 0.289 e. The van der Waals surface area contributed by atoms with Gasteiger partial charge < -0.3 is 0 Å². The highest BCUT2D eigenvalue weighted by atomic mass is 35.5. The average Bonchev–Trinajstić information content (AvgIpc) is 2.54. The minimum atomic E-state index is -3.90. The molecular formula is C16H15ClN2O4S. The lowest BCUT2D eigenvalue weighted by molar-refractivity contribution is -0.384. The average molecular weight is 367 g/mol. The van der Waals surface area contributed by atoms with Gasteiger partial charge in [-0.1, -0.05) is 29.8 Å². The molecule has 0 spiro atoms. The molecule has 0 saturated heterocycles. The number of sulfonamides is 1. The van der Waals surface area contributed by atoms with Gasteiger partial charge in [0, 0.05) is 12.6 Å². The van der Waals surface area contributed by atoms with E-state index in [1.807, 2.05) is 25.1 Å². The molecule has 2 aromatic rings. The highest BCUT2D eigenvalue weighted by Gasteiger charge is 2.31. The summed E-state index contributed by atoms with van der Waals surface area (Å²) in [4.78, 5) is 10.2. The quantitative estimate of drug-likeness (QED) is 0.612. The number of anilines is 1. The van der Waals surface area contributed by atoms with Crippen LogP contribution in [0.4, 0.5) is 11.4 Å². The number of rotatable bonds is 3. The van der Waals surface area contributed by atoms with E-state index in [0.29, 0.717) is 18.7 Å². The number of hydrogen-bond acceptors (Lipinski definition) is 4. The molecule has 126 valence electrons. The van der Waals surface area contributed by atoms with Crippen molar-refractivity contribution >= 4 is 33.0 Å². The molecule has 0 unspecified atom stereocenters. The molecule has 0 bridgehead atoms. The summed E-state index contributed by atoms with van der Waals surface area (Å²) in [5.74, 6) is 0. The molecule has 0 aliphatic carbocycles. The molecule has 24 heavy (non-hydrogen) atoms. The van der Waals surface area contributed by atoms with E-state index < -0.39 is 20.6 Å². The fraction of sp³-hybridized carbons (Fsp3) is 0.250. The van der Waals surface area contributed by atoms with Gasteiger partial charge in [0.2, 0.25) is 0 Å². The van der Waals surface area contributed by atoms with Crippen LogP contribution in [0.1, 0.15) is 17.5 Å². The van der Waals surface area contributed by atoms with Gasteiger partial charge in [0.1, 0.15) is 5.02 Å². The number of aryl methyl sites for hydroxylation is 2. The Kier molecular flexibility index (Phi) is 4.23. The molecule has 0 atom stereocenters. The van der Waals surface area contributed by atoms with Gasteiger partial charge in [-0.05, 0) is 43.0 Å². The fourth-order valence-corrected chi connectivity index (χ4v) is 4.78. The molecule has 1 aliphatic heterocycles. The minimum absolute atomic E-state index is 0.0887. The van der Waals surface area contributed by atoms with E-state index >= 15 is 0 Å². The molecule has 0 amide bonds. The SMILES string of the molecule is Cc1cccc2c1N(S(=O)(=O)c1ccc(Cl)c([N+](=O)[O-])c1)CCC2. The zero-order valence-corrected chi connectivity index (χ0v) is 14.5. The summed E-state index contributed by atoms with van der Waals surface area (Å²) in [6, 6.07) is 9.24. The highest BCUT2D eigenvalue weighted by molar-refractivity contribution is 7.92. The lowest BCUT2D eigenvalue weighted by Gasteiger charge is -2.31. The normalized spacial score (nSPS) is 14.3. The maximum atomic E-state index is 13.0. The molecule has 6 nitrogen and oxygen atoms in total. The van der Waals surface area contributed by atoms with E-state index in [-0.39, 0.29) is 9.92 Å². The van der Waals surface area contributed by atoms with Gasteiger partial charge in [-0.2, -0.15) is 0 Å². The Morgan fingerprint density at radius 2 is 2.00 bits per heavy atom. The van der Waals surface area contributed by atoms with E-state index in [1.54, 1.807) is 0 Å². The summed E-state index contributed by atoms with van der Waals surface area (Å²) >= 11 is 5.78. The number of nitro benzene ring substituents is 1. The molecule has 0 radical (unpaired) electrons. The Bertz CT molecular complexity index is 928. The molecule has 0 N–H and O–H groups in total. The standard InChI is InChI=1S/C16H15ClN2O4S/c1-11-4-2-5-12-6-3-9-18(16(11)12)24(22,23)13-7-8-14(17)15(10-13)19(20)21/h2,4-5,7-8,10H,3,6,9H2,1H3. The number of halogens is 1. The van der Waals surface area contributed by atoms with Gasteiger partial charge in [-0.15, -0.1) is 0 Å². The van der Waals surface area contributed by atoms with Crippen molar-refractivity contribution in [2.24, 2.45) is 0 Å². The second-order valence-corrected chi connectivity index (χ2v) is 7.90. The highest BCUT2D eigenvalue weighted by Crippen LogP contribution is 2.36. The molecule has 0 saturated carbocycles. The van der Waals surface area contributed by atoms with Crippen molar-refractivity contribution in [1.82, 2.24) is 0 Å². The smallest absolute Gasteiger partial charge is 0.266 e. The second-order valence-electron chi connectivity index (χ2n) is 5.63. The van der Waals surface area contributed by atoms with Gasteiger partial charge in [-0.3, -0.25) is 14.4 Å². The van der Waals surface area contributed by atoms with Crippen LogP contribution in [0, 0.1) is 17.0 Å². The molecule has 3 rings (SSSR count). The van der Waals surface area contributed by atoms with Crippen LogP contribution in [0.5, 0.6) is 0 Å². The zero-order valence-electron chi connectivity index (χ0n) is 12.9. The Labute approximate surface area is 144 Å². The fourth-order valence-electron chi connectivity index (χ4n) is 2.96. The topological polar surface area (TPSA) is 80.5 Å². The van der Waals surface area contributed by atoms with Gasteiger partial charge in [-0.25, -0.2) is 8.42 Å². The van der Waals surface area contributed by atoms with Crippen molar-refractivity contribution < 1.29 is 13.3 Å². The summed E-state index contributed by atoms with van der Waals surface area (Å²) in [7, 11) is -3.90. The summed E-state index contributed by atoms with van der Waals surface area (Å²) in [5, 5.41) is 11.0. The summed E-state index contributed by atoms with van der Waals surface area (Å²) in [5.41, 5.74) is 2.08. The first kappa shape index (κ1) is 16.7. The number of hydrogen-bond donors (Lipinski definition) is 0. The van der Waals surface area contributed by atoms with Gasteiger partial charge in [0.25, 0.3) is 15.7 Å². The van der Waals surface area contributed by atoms with Gasteiger partial charge in [0.15, 0.2) is 0 Å². The van der Waals surface area contributed by atoms with E-state index in [1.165, 1.54) is 16.4 Å². The van der Waals surface area contributed by atoms with Crippen LogP contribution in [0.25, 0.3) is 0 Å². The number of benzene rings is 2. The maximum absolute atomic E-state index is 13.0. The predicted molar refractivity (Wildman–Crippen MR) is 92.1 cm³/mol. The largest absolute Gasteiger partial charge is 0.289 e. The van der Waals surface area contributed by atoms with Crippen molar-refractivity contribution in [2.45, 2.75) is 24.7 Å². The van der Waals surface area contributed by atoms with Crippen LogP contribution in [0.2, 0.25) is 5.02 Å². The van der Waals surface area contributed by atoms with Crippen LogP contribution in [-0.4, -0.2) is 19.9 Å². The third kappa shape index (κ3) is 2.74. The van der Waals surface area contributed by atoms with Crippen LogP contribution < -0.4 is 4.31 Å². The van der Waals surface area contributed by atoms with Crippen molar-refractivity contribution in [3.05, 3.63) is 62.7 Å². The molecule has 8 heteroatoms. The second kappa shape index (κ2) is 6.07. The number of nitrogens with zero attached hydrogens (tertiary/aromatic N) is 2. The monoisotopic (exact) mass is 366 g/mol. The van der Waals surface area contributed by atoms with Gasteiger partial charge >= 0.3 is 0 Å². The number of fused-ring (bicyclic) bond motifs is 1. The lowest BCUT2D eigenvalue weighted by Crippen LogP contribution is -2.36. The van der Waals surface area contributed by atoms with Crippen molar-refractivity contribution in [3.8, 4) is 0 Å². The number of para-hydroxylation sites is 1. The van der Waals surface area contributed by atoms with Crippen molar-refractivity contribution in [2.75, 3.05) is 10.8 Å². The Morgan fingerprint density at radius 1 is 1.25 bits per heavy atom. The molecule has 0 fully saturated rings. The Balaban J connectivity index is 2.14. The lowest BCUT2D eigenvalue weighted by atomic mass is 10.0. The first-order valence-corrected chi connectivity index (χ1v) is 9.19. The predicted octanol–water partition coefficient (Wildman–Crippen LogP) is 3.70. The first-order chi connectivity index (χ1) is 11.3. The third-order valence-corrected chi connectivity index (χ3v) is 6.20. The molecule has 2 aromatic carbocycles. The number of nitro groups is 1. The van der Waals surface area contributed by atoms with Crippen LogP contribution in [0.3, 0.4) is 0 Å². The van der Waals surface area contributed by atoms with Gasteiger partial charge in [0.05, 0.1) is 15.5 Å².